The summed E-state index contributed by atoms with van der Waals surface area (Å²) in [5.74, 6) is 0. The second-order valence-corrected chi connectivity index (χ2v) is 4.21. The second kappa shape index (κ2) is 4.29. The van der Waals surface area contributed by atoms with Crippen molar-refractivity contribution in [1.82, 2.24) is 5.06 Å². The fourth-order valence-corrected chi connectivity index (χ4v) is 2.05. The van der Waals surface area contributed by atoms with E-state index < -0.39 is 0 Å². The number of rotatable bonds is 2. The molecule has 1 aliphatic heterocycles. The molecule has 1 aromatic rings. The second-order valence-electron chi connectivity index (χ2n) is 3.36. The fraction of sp³-hybridized carbons (Fsp3) is 0.400. The summed E-state index contributed by atoms with van der Waals surface area (Å²) in [6.45, 7) is 2.57. The Labute approximate surface area is 91.9 Å². The average molecular weight is 257 g/mol. The molecular weight excluding hydrogens is 244 g/mol. The number of halogens is 1. The van der Waals surface area contributed by atoms with Crippen LogP contribution >= 0.6 is 15.9 Å². The van der Waals surface area contributed by atoms with E-state index in [9.17, 15) is 0 Å². The third-order valence-corrected chi connectivity index (χ3v) is 3.06. The molecule has 0 radical (unpaired) electrons. The Morgan fingerprint density at radius 3 is 3.00 bits per heavy atom. The summed E-state index contributed by atoms with van der Waals surface area (Å²) in [5, 5.41) is 1.95. The molecule has 1 saturated heterocycles. The van der Waals surface area contributed by atoms with Gasteiger partial charge in [0.15, 0.2) is 0 Å². The molecule has 1 fully saturated rings. The maximum atomic E-state index is 5.89. The number of nitrogens with two attached hydrogens (primary N) is 1. The van der Waals surface area contributed by atoms with Crippen LogP contribution in [0.2, 0.25) is 0 Å². The monoisotopic (exact) mass is 256 g/mol. The molecule has 1 aromatic carbocycles. The Morgan fingerprint density at radius 1 is 1.50 bits per heavy atom. The third-order valence-electron chi connectivity index (χ3n) is 2.32. The van der Waals surface area contributed by atoms with E-state index in [0.717, 1.165) is 41.8 Å². The van der Waals surface area contributed by atoms with E-state index >= 15 is 0 Å². The maximum absolute atomic E-state index is 5.89. The zero-order chi connectivity index (χ0) is 9.97. The first-order chi connectivity index (χ1) is 6.77. The Morgan fingerprint density at radius 2 is 2.36 bits per heavy atom. The van der Waals surface area contributed by atoms with Crippen LogP contribution in [0.15, 0.2) is 22.7 Å². The van der Waals surface area contributed by atoms with E-state index in [2.05, 4.69) is 15.9 Å². The van der Waals surface area contributed by atoms with Crippen LogP contribution in [0, 0.1) is 0 Å². The van der Waals surface area contributed by atoms with Crippen LogP contribution in [-0.2, 0) is 11.4 Å². The quantitative estimate of drug-likeness (QED) is 0.825. The summed E-state index contributed by atoms with van der Waals surface area (Å²) in [6, 6.07) is 5.85. The largest absolute Gasteiger partial charge is 0.398 e. The molecule has 3 nitrogen and oxygen atoms in total. The zero-order valence-corrected chi connectivity index (χ0v) is 9.46. The van der Waals surface area contributed by atoms with Gasteiger partial charge in [-0.1, -0.05) is 22.0 Å². The van der Waals surface area contributed by atoms with Gasteiger partial charge < -0.3 is 5.73 Å². The van der Waals surface area contributed by atoms with E-state index in [-0.39, 0.29) is 0 Å². The maximum Gasteiger partial charge on any atom is 0.0698 e. The van der Waals surface area contributed by atoms with E-state index in [4.69, 9.17) is 10.6 Å². The minimum atomic E-state index is 0.757. The number of anilines is 1. The molecule has 0 amide bonds. The van der Waals surface area contributed by atoms with Crippen molar-refractivity contribution < 1.29 is 4.84 Å². The van der Waals surface area contributed by atoms with Gasteiger partial charge in [0.2, 0.25) is 0 Å². The van der Waals surface area contributed by atoms with Crippen molar-refractivity contribution >= 4 is 21.6 Å². The summed E-state index contributed by atoms with van der Waals surface area (Å²) >= 11 is 3.49. The predicted octanol–water partition coefficient (Wildman–Crippen LogP) is 2.17. The van der Waals surface area contributed by atoms with Crippen molar-refractivity contribution in [2.24, 2.45) is 0 Å². The number of hydrogen-bond donors (Lipinski definition) is 1. The highest BCUT2D eigenvalue weighted by atomic mass is 79.9. The van der Waals surface area contributed by atoms with Gasteiger partial charge in [-0.2, -0.15) is 5.06 Å². The molecule has 0 unspecified atom stereocenters. The van der Waals surface area contributed by atoms with Crippen LogP contribution in [0.5, 0.6) is 0 Å². The molecule has 0 aromatic heterocycles. The highest BCUT2D eigenvalue weighted by molar-refractivity contribution is 9.10. The summed E-state index contributed by atoms with van der Waals surface area (Å²) in [7, 11) is 0. The first-order valence-corrected chi connectivity index (χ1v) is 5.47. The van der Waals surface area contributed by atoms with Crippen molar-refractivity contribution in [2.75, 3.05) is 18.9 Å². The lowest BCUT2D eigenvalue weighted by Gasteiger charge is -2.16. The van der Waals surface area contributed by atoms with Gasteiger partial charge in [0, 0.05) is 22.3 Å². The SMILES string of the molecule is Nc1cccc(Br)c1CN1CCCO1. The number of nitrogen functional groups attached to an aromatic ring is 1. The Bertz CT molecular complexity index is 304. The van der Waals surface area contributed by atoms with Gasteiger partial charge in [0.25, 0.3) is 0 Å². The number of nitrogens with zero attached hydrogens (tertiary/aromatic N) is 1. The molecule has 0 spiro atoms. The fourth-order valence-electron chi connectivity index (χ4n) is 1.54. The van der Waals surface area contributed by atoms with Gasteiger partial charge in [-0.25, -0.2) is 0 Å². The topological polar surface area (TPSA) is 38.5 Å². The van der Waals surface area contributed by atoms with Crippen LogP contribution < -0.4 is 5.73 Å². The highest BCUT2D eigenvalue weighted by Gasteiger charge is 2.15. The van der Waals surface area contributed by atoms with Crippen molar-refractivity contribution in [1.29, 1.82) is 0 Å². The van der Waals surface area contributed by atoms with E-state index in [1.165, 1.54) is 0 Å². The predicted molar refractivity (Wildman–Crippen MR) is 59.5 cm³/mol. The molecule has 1 aliphatic rings. The summed E-state index contributed by atoms with van der Waals surface area (Å²) in [6.07, 6.45) is 1.10. The Hall–Kier alpha value is -0.580. The highest BCUT2D eigenvalue weighted by Crippen LogP contribution is 2.25. The summed E-state index contributed by atoms with van der Waals surface area (Å²) in [5.41, 5.74) is 7.81. The molecular formula is C10H13BrN2O. The number of benzene rings is 1. The minimum Gasteiger partial charge on any atom is -0.398 e. The van der Waals surface area contributed by atoms with Crippen molar-refractivity contribution in [3.05, 3.63) is 28.2 Å². The molecule has 14 heavy (non-hydrogen) atoms. The number of hydroxylamine groups is 2. The molecule has 76 valence electrons. The average Bonchev–Trinajstić information content (AvgIpc) is 2.64. The van der Waals surface area contributed by atoms with Crippen LogP contribution in [0.4, 0.5) is 5.69 Å². The van der Waals surface area contributed by atoms with Crippen molar-refractivity contribution in [3.8, 4) is 0 Å². The van der Waals surface area contributed by atoms with Gasteiger partial charge in [-0.15, -0.1) is 0 Å². The van der Waals surface area contributed by atoms with Gasteiger partial charge in [0.05, 0.1) is 13.2 Å². The standard InChI is InChI=1S/C10H13BrN2O/c11-9-3-1-4-10(12)8(9)7-13-5-2-6-14-13/h1,3-4H,2,5-7,12H2. The van der Waals surface area contributed by atoms with Crippen LogP contribution in [-0.4, -0.2) is 18.2 Å². The lowest BCUT2D eigenvalue weighted by Crippen LogP contribution is -2.18. The molecule has 0 saturated carbocycles. The lowest BCUT2D eigenvalue weighted by atomic mass is 10.2. The molecule has 2 N–H and O–H groups in total. The van der Waals surface area contributed by atoms with E-state index in [1.807, 2.05) is 23.3 Å². The Kier molecular flexibility index (Phi) is 3.05. The first kappa shape index (κ1) is 9.96. The molecule has 4 heteroatoms. The Balaban J connectivity index is 2.14. The molecule has 0 aliphatic carbocycles. The van der Waals surface area contributed by atoms with Gasteiger partial charge in [0.1, 0.15) is 0 Å². The summed E-state index contributed by atoms with van der Waals surface area (Å²) in [4.78, 5) is 5.42. The zero-order valence-electron chi connectivity index (χ0n) is 7.87. The van der Waals surface area contributed by atoms with Crippen molar-refractivity contribution in [2.45, 2.75) is 13.0 Å². The van der Waals surface area contributed by atoms with E-state index in [0.29, 0.717) is 0 Å². The lowest BCUT2D eigenvalue weighted by molar-refractivity contribution is -0.117. The smallest absolute Gasteiger partial charge is 0.0698 e. The number of hydrogen-bond acceptors (Lipinski definition) is 3. The van der Waals surface area contributed by atoms with Crippen molar-refractivity contribution in [3.63, 3.8) is 0 Å². The normalized spacial score (nSPS) is 17.5. The van der Waals surface area contributed by atoms with Gasteiger partial charge >= 0.3 is 0 Å². The molecule has 0 bridgehead atoms. The van der Waals surface area contributed by atoms with Crippen LogP contribution in [0.1, 0.15) is 12.0 Å². The minimum absolute atomic E-state index is 0.757. The van der Waals surface area contributed by atoms with E-state index in [1.54, 1.807) is 0 Å². The van der Waals surface area contributed by atoms with Crippen LogP contribution in [0.25, 0.3) is 0 Å². The molecule has 0 atom stereocenters. The van der Waals surface area contributed by atoms with Gasteiger partial charge in [-0.05, 0) is 18.6 Å². The first-order valence-electron chi connectivity index (χ1n) is 4.68. The molecule has 2 rings (SSSR count). The third kappa shape index (κ3) is 2.08. The summed E-state index contributed by atoms with van der Waals surface area (Å²) < 4.78 is 1.05. The van der Waals surface area contributed by atoms with Crippen LogP contribution in [0.3, 0.4) is 0 Å². The molecule has 1 heterocycles. The van der Waals surface area contributed by atoms with Gasteiger partial charge in [-0.3, -0.25) is 4.84 Å².